The van der Waals surface area contributed by atoms with Gasteiger partial charge in [-0.1, -0.05) is 24.4 Å². The molecule has 2 N–H and O–H groups in total. The third-order valence-corrected chi connectivity index (χ3v) is 4.59. The van der Waals surface area contributed by atoms with Crippen LogP contribution in [0.4, 0.5) is 11.6 Å². The van der Waals surface area contributed by atoms with Crippen LogP contribution in [0.5, 0.6) is 11.5 Å². The number of nitrogens with one attached hydrogen (secondary N) is 2. The summed E-state index contributed by atoms with van der Waals surface area (Å²) in [5, 5.41) is 6.49. The van der Waals surface area contributed by atoms with Crippen molar-refractivity contribution in [3.8, 4) is 11.5 Å². The van der Waals surface area contributed by atoms with Gasteiger partial charge in [0.05, 0.1) is 24.9 Å². The molecule has 7 nitrogen and oxygen atoms in total. The average molecular weight is 377 g/mol. The molecule has 1 aromatic heterocycles. The second-order valence-electron chi connectivity index (χ2n) is 6.03. The zero-order valence-corrected chi connectivity index (χ0v) is 15.5. The summed E-state index contributed by atoms with van der Waals surface area (Å²) in [6.07, 6.45) is 5.88. The van der Waals surface area contributed by atoms with Crippen molar-refractivity contribution in [1.82, 2.24) is 15.3 Å². The molecule has 138 valence electrons. The summed E-state index contributed by atoms with van der Waals surface area (Å²) in [5.41, 5.74) is 0.899. The Morgan fingerprint density at radius 2 is 1.92 bits per heavy atom. The lowest BCUT2D eigenvalue weighted by atomic mass is 10.2. The molecular weight excluding hydrogens is 356 g/mol. The minimum Gasteiger partial charge on any atom is -0.495 e. The van der Waals surface area contributed by atoms with Crippen LogP contribution in [-0.2, 0) is 0 Å². The summed E-state index contributed by atoms with van der Waals surface area (Å²) < 4.78 is 10.6. The molecule has 1 amide bonds. The van der Waals surface area contributed by atoms with E-state index in [4.69, 9.17) is 21.1 Å². The van der Waals surface area contributed by atoms with E-state index < -0.39 is 0 Å². The van der Waals surface area contributed by atoms with E-state index in [0.717, 1.165) is 25.7 Å². The molecular formula is C18H21ClN4O3. The fraction of sp³-hybridized carbons (Fsp3) is 0.389. The van der Waals surface area contributed by atoms with E-state index in [1.807, 2.05) is 0 Å². The third kappa shape index (κ3) is 4.16. The van der Waals surface area contributed by atoms with Gasteiger partial charge in [-0.05, 0) is 18.9 Å². The molecule has 8 heteroatoms. The molecule has 1 aromatic carbocycles. The van der Waals surface area contributed by atoms with E-state index in [1.54, 1.807) is 24.4 Å². The average Bonchev–Trinajstić information content (AvgIpc) is 3.16. The van der Waals surface area contributed by atoms with E-state index in [1.165, 1.54) is 14.2 Å². The lowest BCUT2D eigenvalue weighted by Gasteiger charge is -2.14. The largest absolute Gasteiger partial charge is 0.495 e. The minimum absolute atomic E-state index is 0.192. The van der Waals surface area contributed by atoms with Crippen molar-refractivity contribution < 1.29 is 14.3 Å². The molecule has 26 heavy (non-hydrogen) atoms. The topological polar surface area (TPSA) is 85.4 Å². The van der Waals surface area contributed by atoms with Crippen molar-refractivity contribution in [2.24, 2.45) is 0 Å². The number of anilines is 2. The number of halogens is 1. The predicted octanol–water partition coefficient (Wildman–Crippen LogP) is 3.56. The van der Waals surface area contributed by atoms with Crippen LogP contribution >= 0.6 is 11.6 Å². The molecule has 0 spiro atoms. The molecule has 0 bridgehead atoms. The first kappa shape index (κ1) is 18.3. The molecule has 1 heterocycles. The summed E-state index contributed by atoms with van der Waals surface area (Å²) in [4.78, 5) is 20.9. The fourth-order valence-corrected chi connectivity index (χ4v) is 3.18. The van der Waals surface area contributed by atoms with Crippen LogP contribution in [0.15, 0.2) is 24.4 Å². The minimum atomic E-state index is -0.192. The number of methoxy groups -OCH3 is 2. The molecule has 1 fully saturated rings. The maximum Gasteiger partial charge on any atom is 0.270 e. The Hall–Kier alpha value is -2.54. The zero-order chi connectivity index (χ0) is 18.5. The van der Waals surface area contributed by atoms with Crippen LogP contribution in [0, 0.1) is 0 Å². The number of carbonyl (C=O) groups excluding carboxylic acids is 1. The Balaban J connectivity index is 1.79. The number of ether oxygens (including phenoxy) is 2. The standard InChI is InChI=1S/C18H21ClN4O3/c1-25-15-10-14(16(26-2)9-12(15)19)23-18-20-8-7-13(22-18)17(24)21-11-5-3-4-6-11/h7-11H,3-6H2,1-2H3,(H,21,24)(H,20,22,23). The van der Waals surface area contributed by atoms with Gasteiger partial charge in [-0.2, -0.15) is 0 Å². The van der Waals surface area contributed by atoms with E-state index in [2.05, 4.69) is 20.6 Å². The maximum atomic E-state index is 12.4. The van der Waals surface area contributed by atoms with Crippen molar-refractivity contribution >= 4 is 29.1 Å². The Bertz CT molecular complexity index is 794. The molecule has 1 aliphatic rings. The molecule has 2 aromatic rings. The number of carbonyl (C=O) groups is 1. The Morgan fingerprint density at radius 3 is 2.62 bits per heavy atom. The maximum absolute atomic E-state index is 12.4. The highest BCUT2D eigenvalue weighted by Crippen LogP contribution is 2.36. The van der Waals surface area contributed by atoms with Gasteiger partial charge < -0.3 is 20.1 Å². The lowest BCUT2D eigenvalue weighted by Crippen LogP contribution is -2.33. The van der Waals surface area contributed by atoms with Gasteiger partial charge in [0.2, 0.25) is 5.95 Å². The number of amides is 1. The summed E-state index contributed by atoms with van der Waals surface area (Å²) in [7, 11) is 3.07. The molecule has 0 radical (unpaired) electrons. The van der Waals surface area contributed by atoms with E-state index >= 15 is 0 Å². The molecule has 1 aliphatic carbocycles. The van der Waals surface area contributed by atoms with Gasteiger partial charge >= 0.3 is 0 Å². The van der Waals surface area contributed by atoms with Crippen molar-refractivity contribution in [1.29, 1.82) is 0 Å². The molecule has 0 atom stereocenters. The van der Waals surface area contributed by atoms with Gasteiger partial charge in [0, 0.05) is 24.4 Å². The highest BCUT2D eigenvalue weighted by molar-refractivity contribution is 6.32. The number of benzene rings is 1. The van der Waals surface area contributed by atoms with E-state index in [-0.39, 0.29) is 17.9 Å². The number of rotatable bonds is 6. The third-order valence-electron chi connectivity index (χ3n) is 4.30. The second kappa shape index (κ2) is 8.23. The lowest BCUT2D eigenvalue weighted by molar-refractivity contribution is 0.0933. The van der Waals surface area contributed by atoms with Gasteiger partial charge in [-0.15, -0.1) is 0 Å². The number of aromatic nitrogens is 2. The quantitative estimate of drug-likeness (QED) is 0.801. The fourth-order valence-electron chi connectivity index (χ4n) is 2.95. The summed E-state index contributed by atoms with van der Waals surface area (Å²) >= 11 is 6.11. The first-order chi connectivity index (χ1) is 12.6. The van der Waals surface area contributed by atoms with Gasteiger partial charge in [-0.25, -0.2) is 9.97 Å². The summed E-state index contributed by atoms with van der Waals surface area (Å²) in [6.45, 7) is 0. The van der Waals surface area contributed by atoms with Gasteiger partial charge in [0.15, 0.2) is 0 Å². The van der Waals surface area contributed by atoms with Crippen molar-refractivity contribution in [3.63, 3.8) is 0 Å². The number of hydrogen-bond donors (Lipinski definition) is 2. The SMILES string of the molecule is COc1cc(Nc2nccc(C(=O)NC3CCCC3)n2)c(OC)cc1Cl. The second-order valence-corrected chi connectivity index (χ2v) is 6.44. The smallest absolute Gasteiger partial charge is 0.270 e. The Kier molecular flexibility index (Phi) is 5.78. The van der Waals surface area contributed by atoms with Crippen LogP contribution in [0.25, 0.3) is 0 Å². The zero-order valence-electron chi connectivity index (χ0n) is 14.7. The molecule has 1 saturated carbocycles. The van der Waals surface area contributed by atoms with Crippen LogP contribution in [0.2, 0.25) is 5.02 Å². The molecule has 0 saturated heterocycles. The van der Waals surface area contributed by atoms with E-state index in [0.29, 0.717) is 27.9 Å². The predicted molar refractivity (Wildman–Crippen MR) is 99.6 cm³/mol. The first-order valence-electron chi connectivity index (χ1n) is 8.43. The molecule has 0 unspecified atom stereocenters. The Morgan fingerprint density at radius 1 is 1.19 bits per heavy atom. The Labute approximate surface area is 157 Å². The molecule has 3 rings (SSSR count). The number of nitrogens with zero attached hydrogens (tertiary/aromatic N) is 2. The summed E-state index contributed by atoms with van der Waals surface area (Å²) in [6, 6.07) is 5.15. The van der Waals surface area contributed by atoms with Gasteiger partial charge in [-0.3, -0.25) is 4.79 Å². The highest BCUT2D eigenvalue weighted by Gasteiger charge is 2.19. The van der Waals surface area contributed by atoms with Crippen LogP contribution in [-0.4, -0.2) is 36.1 Å². The monoisotopic (exact) mass is 376 g/mol. The normalized spacial score (nSPS) is 14.1. The summed E-state index contributed by atoms with van der Waals surface area (Å²) in [5.74, 6) is 1.10. The number of hydrogen-bond acceptors (Lipinski definition) is 6. The van der Waals surface area contributed by atoms with Crippen molar-refractivity contribution in [3.05, 3.63) is 35.1 Å². The van der Waals surface area contributed by atoms with Crippen LogP contribution in [0.3, 0.4) is 0 Å². The van der Waals surface area contributed by atoms with Crippen LogP contribution in [0.1, 0.15) is 36.2 Å². The van der Waals surface area contributed by atoms with Gasteiger partial charge in [0.1, 0.15) is 17.2 Å². The van der Waals surface area contributed by atoms with Gasteiger partial charge in [0.25, 0.3) is 5.91 Å². The molecule has 0 aliphatic heterocycles. The van der Waals surface area contributed by atoms with Crippen molar-refractivity contribution in [2.75, 3.05) is 19.5 Å². The van der Waals surface area contributed by atoms with Crippen molar-refractivity contribution in [2.45, 2.75) is 31.7 Å². The van der Waals surface area contributed by atoms with Crippen LogP contribution < -0.4 is 20.1 Å². The first-order valence-corrected chi connectivity index (χ1v) is 8.81. The van der Waals surface area contributed by atoms with E-state index in [9.17, 15) is 4.79 Å². The highest BCUT2D eigenvalue weighted by atomic mass is 35.5.